The second kappa shape index (κ2) is 11.3. The minimum Gasteiger partial charge on any atom is -0.529 e. The molecule has 6 heteroatoms. The first-order valence-corrected chi connectivity index (χ1v) is 6.82. The van der Waals surface area contributed by atoms with Gasteiger partial charge < -0.3 is 14.2 Å². The Bertz CT molecular complexity index is 370. The van der Waals surface area contributed by atoms with Crippen molar-refractivity contribution in [2.45, 2.75) is 26.7 Å². The molecule has 0 fully saturated rings. The van der Waals surface area contributed by atoms with Gasteiger partial charge in [-0.1, -0.05) is 36.2 Å². The van der Waals surface area contributed by atoms with E-state index < -0.39 is 0 Å². The molecule has 0 saturated carbocycles. The second-order valence-corrected chi connectivity index (χ2v) is 5.10. The van der Waals surface area contributed by atoms with Crippen LogP contribution in [0.1, 0.15) is 19.4 Å². The van der Waals surface area contributed by atoms with Crippen LogP contribution in [0.25, 0.3) is 0 Å². The van der Waals surface area contributed by atoms with E-state index in [9.17, 15) is 0 Å². The summed E-state index contributed by atoms with van der Waals surface area (Å²) in [4.78, 5) is 0. The summed E-state index contributed by atoms with van der Waals surface area (Å²) in [6.07, 6.45) is -0.369. The fourth-order valence-electron chi connectivity index (χ4n) is 1.46. The maximum absolute atomic E-state index is 6.05. The smallest absolute Gasteiger partial charge is 0.125 e. The molecule has 3 nitrogen and oxygen atoms in total. The zero-order chi connectivity index (χ0) is 14.3. The van der Waals surface area contributed by atoms with Gasteiger partial charge >= 0.3 is 0 Å². The first-order valence-electron chi connectivity index (χ1n) is 6.06. The van der Waals surface area contributed by atoms with Crippen molar-refractivity contribution < 1.29 is 45.3 Å². The average molecular weight is 544 g/mol. The van der Waals surface area contributed by atoms with Crippen molar-refractivity contribution in [2.24, 2.45) is 5.92 Å². The quantitative estimate of drug-likeness (QED) is 0.361. The van der Waals surface area contributed by atoms with Crippen molar-refractivity contribution in [1.82, 2.24) is 0 Å². The topological polar surface area (TPSA) is 27.7 Å². The van der Waals surface area contributed by atoms with Crippen LogP contribution in [0, 0.1) is 43.6 Å². The van der Waals surface area contributed by atoms with Crippen LogP contribution >= 0.6 is 23.2 Å². The molecule has 20 heavy (non-hydrogen) atoms. The van der Waals surface area contributed by atoms with E-state index in [2.05, 4.69) is 0 Å². The van der Waals surface area contributed by atoms with Crippen LogP contribution in [0.2, 0.25) is 10.0 Å². The van der Waals surface area contributed by atoms with Gasteiger partial charge in [0.25, 0.3) is 0 Å². The van der Waals surface area contributed by atoms with Gasteiger partial charge in [0.1, 0.15) is 6.29 Å². The van der Waals surface area contributed by atoms with E-state index in [1.807, 2.05) is 13.8 Å². The van der Waals surface area contributed by atoms with E-state index >= 15 is 0 Å². The minimum absolute atomic E-state index is 0. The van der Waals surface area contributed by atoms with Crippen LogP contribution in [-0.4, -0.2) is 20.0 Å². The van der Waals surface area contributed by atoms with Crippen LogP contribution in [0.4, 0.5) is 0 Å². The van der Waals surface area contributed by atoms with Crippen LogP contribution < -0.4 is 0 Å². The summed E-state index contributed by atoms with van der Waals surface area (Å²) in [6, 6.07) is 5.36. The van der Waals surface area contributed by atoms with E-state index in [-0.39, 0.29) is 43.3 Å². The Morgan fingerprint density at radius 2 is 1.80 bits per heavy atom. The standard InChI is InChI=1S/C14H19Cl2O3.U/c1-10(7-17-3)8-18-11(2)19-9-12-13(15)5-4-6-14(12)16;/h4-6,8,10-11H,7,9H2,1-3H3;/q-1;. The van der Waals surface area contributed by atoms with Crippen molar-refractivity contribution >= 4 is 23.2 Å². The Kier molecular flexibility index (Phi) is 11.7. The minimum atomic E-state index is -0.369. The third-order valence-electron chi connectivity index (χ3n) is 2.46. The normalized spacial score (nSPS) is 13.7. The molecule has 0 aliphatic carbocycles. The first kappa shape index (κ1) is 20.7. The SMILES string of the molecule is COCC(C)[CH-]OC(C)OCc1c(Cl)cccc1Cl.[U]. The molecular formula is C14H19Cl2O3U-. The monoisotopic (exact) mass is 543 g/mol. The predicted octanol–water partition coefficient (Wildman–Crippen LogP) is 4.32. The summed E-state index contributed by atoms with van der Waals surface area (Å²) in [6.45, 7) is 6.46. The van der Waals surface area contributed by atoms with Gasteiger partial charge in [0.15, 0.2) is 0 Å². The van der Waals surface area contributed by atoms with Gasteiger partial charge in [0, 0.05) is 60.4 Å². The fraction of sp³-hybridized carbons (Fsp3) is 0.500. The molecular weight excluding hydrogens is 525 g/mol. The molecule has 0 saturated heterocycles. The number of rotatable bonds is 8. The molecule has 1 aromatic rings. The van der Waals surface area contributed by atoms with Gasteiger partial charge in [-0.3, -0.25) is 0 Å². The van der Waals surface area contributed by atoms with Gasteiger partial charge in [0.05, 0.1) is 6.61 Å². The van der Waals surface area contributed by atoms with Crippen molar-refractivity contribution in [2.75, 3.05) is 13.7 Å². The summed E-state index contributed by atoms with van der Waals surface area (Å²) in [5, 5.41) is 1.19. The fourth-order valence-corrected chi connectivity index (χ4v) is 1.96. The molecule has 2 atom stereocenters. The molecule has 1 aromatic carbocycles. The number of methoxy groups -OCH3 is 1. The third kappa shape index (κ3) is 7.66. The summed E-state index contributed by atoms with van der Waals surface area (Å²) in [7, 11) is 1.66. The second-order valence-electron chi connectivity index (χ2n) is 4.28. The van der Waals surface area contributed by atoms with E-state index in [0.717, 1.165) is 5.56 Å². The van der Waals surface area contributed by atoms with Crippen LogP contribution in [0.5, 0.6) is 0 Å². The third-order valence-corrected chi connectivity index (χ3v) is 3.16. The van der Waals surface area contributed by atoms with Crippen molar-refractivity contribution in [1.29, 1.82) is 0 Å². The van der Waals surface area contributed by atoms with Crippen LogP contribution in [-0.2, 0) is 20.8 Å². The van der Waals surface area contributed by atoms with Gasteiger partial charge in [-0.25, -0.2) is 6.61 Å². The van der Waals surface area contributed by atoms with Gasteiger partial charge in [-0.05, 0) is 19.1 Å². The van der Waals surface area contributed by atoms with Gasteiger partial charge in [-0.2, -0.15) is 0 Å². The zero-order valence-electron chi connectivity index (χ0n) is 11.9. The summed E-state index contributed by atoms with van der Waals surface area (Å²) >= 11 is 12.1. The first-order chi connectivity index (χ1) is 9.04. The van der Waals surface area contributed by atoms with Crippen molar-refractivity contribution in [3.63, 3.8) is 0 Å². The molecule has 0 bridgehead atoms. The Morgan fingerprint density at radius 1 is 1.20 bits per heavy atom. The molecule has 112 valence electrons. The molecule has 0 aromatic heterocycles. The summed E-state index contributed by atoms with van der Waals surface area (Å²) in [5.41, 5.74) is 0.770. The molecule has 0 aliphatic heterocycles. The maximum atomic E-state index is 6.05. The molecule has 0 heterocycles. The summed E-state index contributed by atoms with van der Waals surface area (Å²) in [5.74, 6) is 0.208. The average Bonchev–Trinajstić information content (AvgIpc) is 2.36. The molecule has 1 rings (SSSR count). The number of ether oxygens (including phenoxy) is 3. The molecule has 0 aliphatic rings. The molecule has 2 unspecified atom stereocenters. The van der Waals surface area contributed by atoms with Crippen LogP contribution in [0.15, 0.2) is 18.2 Å². The largest absolute Gasteiger partial charge is 0.529 e. The molecule has 0 radical (unpaired) electrons. The summed E-state index contributed by atoms with van der Waals surface area (Å²) < 4.78 is 16.0. The Balaban J connectivity index is 0.00000361. The number of halogens is 2. The van der Waals surface area contributed by atoms with Gasteiger partial charge in [-0.15, -0.1) is 5.92 Å². The van der Waals surface area contributed by atoms with Crippen LogP contribution in [0.3, 0.4) is 0 Å². The van der Waals surface area contributed by atoms with E-state index in [1.165, 1.54) is 0 Å². The van der Waals surface area contributed by atoms with Crippen molar-refractivity contribution in [3.05, 3.63) is 40.4 Å². The predicted molar refractivity (Wildman–Crippen MR) is 77.1 cm³/mol. The van der Waals surface area contributed by atoms with Crippen molar-refractivity contribution in [3.8, 4) is 0 Å². The molecule has 0 amide bonds. The Morgan fingerprint density at radius 3 is 2.35 bits per heavy atom. The van der Waals surface area contributed by atoms with E-state index in [4.69, 9.17) is 37.4 Å². The number of hydrogen-bond donors (Lipinski definition) is 0. The van der Waals surface area contributed by atoms with E-state index in [1.54, 1.807) is 31.9 Å². The molecule has 0 N–H and O–H groups in total. The Labute approximate surface area is 154 Å². The molecule has 0 spiro atoms. The number of benzene rings is 1. The maximum Gasteiger partial charge on any atom is 0.125 e. The Hall–Kier alpha value is 0.732. The van der Waals surface area contributed by atoms with Gasteiger partial charge in [0.2, 0.25) is 0 Å². The number of hydrogen-bond acceptors (Lipinski definition) is 3. The zero-order valence-corrected chi connectivity index (χ0v) is 17.5. The van der Waals surface area contributed by atoms with E-state index in [0.29, 0.717) is 23.3 Å².